The number of para-hydroxylation sites is 2. The Bertz CT molecular complexity index is 1540. The molecule has 0 aliphatic heterocycles. The fourth-order valence-electron chi connectivity index (χ4n) is 3.61. The second-order valence-corrected chi connectivity index (χ2v) is 8.69. The molecule has 2 aromatic heterocycles. The molecule has 0 saturated heterocycles. The lowest BCUT2D eigenvalue weighted by molar-refractivity contribution is -0.116. The van der Waals surface area contributed by atoms with Crippen LogP contribution in [0, 0.1) is 6.92 Å². The highest BCUT2D eigenvalue weighted by atomic mass is 32.1. The highest BCUT2D eigenvalue weighted by Gasteiger charge is 2.21. The predicted octanol–water partition coefficient (Wildman–Crippen LogP) is 3.45. The minimum absolute atomic E-state index is 0.271. The molecule has 0 bridgehead atoms. The topological polar surface area (TPSA) is 129 Å². The van der Waals surface area contributed by atoms with E-state index in [0.29, 0.717) is 32.4 Å². The number of hydrogen-bond donors (Lipinski definition) is 2. The van der Waals surface area contributed by atoms with Gasteiger partial charge in [0.25, 0.3) is 11.5 Å². The molecule has 0 spiro atoms. The van der Waals surface area contributed by atoms with Gasteiger partial charge in [-0.3, -0.25) is 19.0 Å². The Hall–Kier alpha value is -4.51. The summed E-state index contributed by atoms with van der Waals surface area (Å²) in [5.41, 5.74) is 1.19. The van der Waals surface area contributed by atoms with Crippen LogP contribution in [0.1, 0.15) is 25.6 Å². The molecule has 11 heteroatoms. The van der Waals surface area contributed by atoms with Crippen molar-refractivity contribution >= 4 is 50.7 Å². The highest BCUT2D eigenvalue weighted by molar-refractivity contribution is 7.20. The molecule has 2 N–H and O–H groups in total. The average molecular weight is 507 g/mol. The van der Waals surface area contributed by atoms with Crippen LogP contribution in [-0.4, -0.2) is 41.6 Å². The number of aromatic nitrogens is 2. The predicted molar refractivity (Wildman–Crippen MR) is 136 cm³/mol. The molecule has 4 aromatic rings. The van der Waals surface area contributed by atoms with E-state index in [1.807, 2.05) is 0 Å². The van der Waals surface area contributed by atoms with E-state index in [1.54, 1.807) is 49.4 Å². The largest absolute Gasteiger partial charge is 0.495 e. The number of anilines is 2. The van der Waals surface area contributed by atoms with Crippen LogP contribution in [0.3, 0.4) is 0 Å². The molecular formula is C25H22N4O6S. The van der Waals surface area contributed by atoms with Crippen LogP contribution in [0.5, 0.6) is 5.75 Å². The Morgan fingerprint density at radius 1 is 1.06 bits per heavy atom. The molecule has 0 saturated carbocycles. The zero-order valence-corrected chi connectivity index (χ0v) is 20.5. The number of nitrogens with one attached hydrogen (secondary N) is 2. The molecule has 10 nitrogen and oxygen atoms in total. The molecule has 0 radical (unpaired) electrons. The molecule has 2 amide bonds. The van der Waals surface area contributed by atoms with Crippen molar-refractivity contribution < 1.29 is 23.9 Å². The van der Waals surface area contributed by atoms with E-state index in [2.05, 4.69) is 20.4 Å². The monoisotopic (exact) mass is 506 g/mol. The number of esters is 1. The summed E-state index contributed by atoms with van der Waals surface area (Å²) in [4.78, 5) is 55.4. The summed E-state index contributed by atoms with van der Waals surface area (Å²) in [7, 11) is 2.77. The van der Waals surface area contributed by atoms with Crippen LogP contribution >= 0.6 is 11.3 Å². The number of benzene rings is 2. The van der Waals surface area contributed by atoms with Gasteiger partial charge in [0.1, 0.15) is 17.1 Å². The maximum Gasteiger partial charge on any atom is 0.337 e. The normalized spacial score (nSPS) is 10.6. The summed E-state index contributed by atoms with van der Waals surface area (Å²) in [5.74, 6) is -0.903. The number of amides is 2. The summed E-state index contributed by atoms with van der Waals surface area (Å²) < 4.78 is 11.1. The Morgan fingerprint density at radius 3 is 2.58 bits per heavy atom. The van der Waals surface area contributed by atoms with Crippen LogP contribution in [0.15, 0.2) is 59.7 Å². The first-order valence-corrected chi connectivity index (χ1v) is 11.5. The zero-order chi connectivity index (χ0) is 25.8. The molecule has 2 heterocycles. The minimum Gasteiger partial charge on any atom is -0.495 e. The van der Waals surface area contributed by atoms with Gasteiger partial charge in [0.05, 0.1) is 42.1 Å². The second-order valence-electron chi connectivity index (χ2n) is 7.69. The molecule has 184 valence electrons. The number of rotatable bonds is 7. The Labute approximate surface area is 209 Å². The van der Waals surface area contributed by atoms with E-state index in [0.717, 1.165) is 11.3 Å². The van der Waals surface area contributed by atoms with Crippen molar-refractivity contribution in [3.05, 3.63) is 81.2 Å². The van der Waals surface area contributed by atoms with Crippen molar-refractivity contribution in [1.82, 2.24) is 9.55 Å². The van der Waals surface area contributed by atoms with Gasteiger partial charge in [-0.1, -0.05) is 18.2 Å². The van der Waals surface area contributed by atoms with Gasteiger partial charge in [-0.15, -0.1) is 11.3 Å². The minimum atomic E-state index is -0.532. The molecule has 0 unspecified atom stereocenters. The number of aryl methyl sites for hydroxylation is 1. The first-order chi connectivity index (χ1) is 17.3. The van der Waals surface area contributed by atoms with Gasteiger partial charge in [-0.2, -0.15) is 0 Å². The van der Waals surface area contributed by atoms with Crippen molar-refractivity contribution in [2.24, 2.45) is 0 Å². The van der Waals surface area contributed by atoms with Gasteiger partial charge in [0.2, 0.25) is 5.91 Å². The van der Waals surface area contributed by atoms with Crippen molar-refractivity contribution in [2.45, 2.75) is 13.5 Å². The quantitative estimate of drug-likeness (QED) is 0.367. The first kappa shape index (κ1) is 24.6. The van der Waals surface area contributed by atoms with E-state index in [4.69, 9.17) is 4.74 Å². The molecule has 36 heavy (non-hydrogen) atoms. The maximum atomic E-state index is 13.2. The molecule has 2 aromatic carbocycles. The van der Waals surface area contributed by atoms with Crippen LogP contribution in [0.4, 0.5) is 11.4 Å². The van der Waals surface area contributed by atoms with Gasteiger partial charge in [-0.05, 0) is 42.8 Å². The van der Waals surface area contributed by atoms with Crippen molar-refractivity contribution in [1.29, 1.82) is 0 Å². The highest BCUT2D eigenvalue weighted by Crippen LogP contribution is 2.29. The molecule has 0 fully saturated rings. The number of hydrogen-bond acceptors (Lipinski definition) is 8. The van der Waals surface area contributed by atoms with E-state index in [-0.39, 0.29) is 17.5 Å². The number of carbonyl (C=O) groups is 3. The van der Waals surface area contributed by atoms with E-state index >= 15 is 0 Å². The van der Waals surface area contributed by atoms with Crippen molar-refractivity contribution in [3.8, 4) is 5.75 Å². The van der Waals surface area contributed by atoms with Gasteiger partial charge >= 0.3 is 5.97 Å². The molecular weight excluding hydrogens is 484 g/mol. The van der Waals surface area contributed by atoms with E-state index in [1.165, 1.54) is 31.2 Å². The molecule has 4 rings (SSSR count). The third kappa shape index (κ3) is 4.96. The number of fused-ring (bicyclic) bond motifs is 1. The summed E-state index contributed by atoms with van der Waals surface area (Å²) >= 11 is 1.09. The number of nitrogens with zero attached hydrogens (tertiary/aromatic N) is 2. The van der Waals surface area contributed by atoms with E-state index in [9.17, 15) is 19.2 Å². The van der Waals surface area contributed by atoms with Crippen LogP contribution in [0.25, 0.3) is 10.2 Å². The third-order valence-electron chi connectivity index (χ3n) is 5.36. The number of ether oxygens (including phenoxy) is 2. The van der Waals surface area contributed by atoms with Gasteiger partial charge in [0, 0.05) is 5.69 Å². The van der Waals surface area contributed by atoms with Crippen LogP contribution in [0.2, 0.25) is 0 Å². The van der Waals surface area contributed by atoms with E-state index < -0.39 is 23.3 Å². The van der Waals surface area contributed by atoms with Crippen LogP contribution < -0.4 is 20.9 Å². The lowest BCUT2D eigenvalue weighted by Gasteiger charge is -2.09. The summed E-state index contributed by atoms with van der Waals surface area (Å²) in [6.45, 7) is 1.37. The summed E-state index contributed by atoms with van der Waals surface area (Å²) in [5, 5.41) is 5.73. The molecule has 0 atom stereocenters. The van der Waals surface area contributed by atoms with Crippen molar-refractivity contribution in [3.63, 3.8) is 0 Å². The van der Waals surface area contributed by atoms with Gasteiger partial charge in [0.15, 0.2) is 0 Å². The van der Waals surface area contributed by atoms with Gasteiger partial charge in [-0.25, -0.2) is 9.78 Å². The van der Waals surface area contributed by atoms with Crippen molar-refractivity contribution in [2.75, 3.05) is 24.9 Å². The number of carbonyl (C=O) groups excluding carboxylic acids is 3. The summed E-state index contributed by atoms with van der Waals surface area (Å²) in [6.07, 6.45) is 1.27. The Balaban J connectivity index is 1.56. The lowest BCUT2D eigenvalue weighted by Crippen LogP contribution is -2.28. The third-order valence-corrected chi connectivity index (χ3v) is 6.56. The molecule has 0 aliphatic rings. The lowest BCUT2D eigenvalue weighted by atomic mass is 10.2. The fourth-order valence-corrected chi connectivity index (χ4v) is 4.65. The van der Waals surface area contributed by atoms with Gasteiger partial charge < -0.3 is 20.1 Å². The second kappa shape index (κ2) is 10.4. The summed E-state index contributed by atoms with van der Waals surface area (Å²) in [6, 6.07) is 13.3. The smallest absolute Gasteiger partial charge is 0.337 e. The standard InChI is InChI=1S/C25H22N4O6S/c1-14-20-23(36-21(14)22(31)28-17-9-4-5-10-18(17)34-2)26-13-29(24(20)32)12-19(30)27-16-8-6-7-15(11-16)25(33)35-3/h4-11,13H,12H2,1-3H3,(H,27,30)(H,28,31). The SMILES string of the molecule is COC(=O)c1cccc(NC(=O)Cn2cnc3sc(C(=O)Nc4ccccc4OC)c(C)c3c2=O)c1. The number of thiophene rings is 1. The average Bonchev–Trinajstić information content (AvgIpc) is 3.22. The maximum absolute atomic E-state index is 13.2. The first-order valence-electron chi connectivity index (χ1n) is 10.7. The fraction of sp³-hybridized carbons (Fsp3) is 0.160. The molecule has 0 aliphatic carbocycles. The zero-order valence-electron chi connectivity index (χ0n) is 19.7. The van der Waals surface area contributed by atoms with Crippen LogP contribution in [-0.2, 0) is 16.1 Å². The Morgan fingerprint density at radius 2 is 1.83 bits per heavy atom. The Kier molecular flexibility index (Phi) is 7.11. The number of methoxy groups -OCH3 is 2.